The van der Waals surface area contributed by atoms with Gasteiger partial charge < -0.3 is 30.5 Å². The molecule has 60 heavy (non-hydrogen) atoms. The lowest BCUT2D eigenvalue weighted by Gasteiger charge is -2.27. The van der Waals surface area contributed by atoms with Crippen molar-refractivity contribution in [1.29, 1.82) is 0 Å². The lowest BCUT2D eigenvalue weighted by Crippen LogP contribution is -2.54. The molecule has 3 aliphatic rings. The predicted octanol–water partition coefficient (Wildman–Crippen LogP) is 6.55. The Bertz CT molecular complexity index is 2330. The van der Waals surface area contributed by atoms with Crippen LogP contribution in [-0.2, 0) is 14.4 Å². The predicted molar refractivity (Wildman–Crippen MR) is 227 cm³/mol. The van der Waals surface area contributed by atoms with E-state index < -0.39 is 29.7 Å². The van der Waals surface area contributed by atoms with Crippen molar-refractivity contribution in [1.82, 2.24) is 20.2 Å². The Morgan fingerprint density at radius 3 is 2.30 bits per heavy atom. The Kier molecular flexibility index (Phi) is 12.7. The van der Waals surface area contributed by atoms with Crippen molar-refractivity contribution in [2.45, 2.75) is 76.7 Å². The average Bonchev–Trinajstić information content (AvgIpc) is 3.47. The monoisotopic (exact) mass is 815 g/mol. The van der Waals surface area contributed by atoms with Crippen molar-refractivity contribution in [3.05, 3.63) is 83.6 Å². The molecule has 0 radical (unpaired) electrons. The molecule has 4 aromatic rings. The molecule has 3 aromatic carbocycles. The van der Waals surface area contributed by atoms with Gasteiger partial charge in [0.1, 0.15) is 17.5 Å². The van der Waals surface area contributed by atoms with Crippen LogP contribution in [0, 0.1) is 0 Å². The maximum Gasteiger partial charge on any atom is 0.264 e. The zero-order chi connectivity index (χ0) is 42.3. The molecule has 1 fully saturated rings. The fourth-order valence-corrected chi connectivity index (χ4v) is 7.83. The number of ether oxygens (including phenoxy) is 1. The van der Waals surface area contributed by atoms with E-state index >= 15 is 0 Å². The fraction of sp³-hybridized carbons (Fsp3) is 0.364. The topological polar surface area (TPSA) is 195 Å². The van der Waals surface area contributed by atoms with Gasteiger partial charge in [0.2, 0.25) is 23.7 Å². The Labute approximate surface area is 348 Å². The largest absolute Gasteiger partial charge is 0.494 e. The summed E-state index contributed by atoms with van der Waals surface area (Å²) >= 11 is 0. The summed E-state index contributed by atoms with van der Waals surface area (Å²) in [5, 5.41) is 11.7. The highest BCUT2D eigenvalue weighted by Gasteiger charge is 2.45. The van der Waals surface area contributed by atoms with Crippen LogP contribution in [0.1, 0.15) is 102 Å². The number of imide groups is 2. The van der Waals surface area contributed by atoms with E-state index in [0.717, 1.165) is 62.0 Å². The molecular weight excluding hydrogens is 767 g/mol. The molecule has 0 saturated carbocycles. The third-order valence-corrected chi connectivity index (χ3v) is 11.1. The fourth-order valence-electron chi connectivity index (χ4n) is 7.83. The van der Waals surface area contributed by atoms with E-state index in [2.05, 4.69) is 26.3 Å². The van der Waals surface area contributed by atoms with Gasteiger partial charge >= 0.3 is 0 Å². The van der Waals surface area contributed by atoms with Crippen molar-refractivity contribution >= 4 is 75.6 Å². The van der Waals surface area contributed by atoms with Crippen LogP contribution in [0.15, 0.2) is 66.9 Å². The highest BCUT2D eigenvalue weighted by atomic mass is 16.5. The van der Waals surface area contributed by atoms with E-state index in [4.69, 9.17) is 9.72 Å². The molecule has 1 unspecified atom stereocenters. The smallest absolute Gasteiger partial charge is 0.264 e. The molecule has 1 atom stereocenters. The van der Waals surface area contributed by atoms with Gasteiger partial charge in [-0.05, 0) is 55.7 Å². The molecule has 4 N–H and O–H groups in total. The van der Waals surface area contributed by atoms with E-state index in [1.807, 2.05) is 30.1 Å². The molecule has 1 saturated heterocycles. The number of methoxy groups -OCH3 is 1. The maximum atomic E-state index is 13.3. The third-order valence-electron chi connectivity index (χ3n) is 11.1. The van der Waals surface area contributed by atoms with Gasteiger partial charge in [-0.15, -0.1) is 0 Å². The van der Waals surface area contributed by atoms with Crippen LogP contribution < -0.4 is 35.8 Å². The molecule has 16 nitrogen and oxygen atoms in total. The van der Waals surface area contributed by atoms with E-state index in [0.29, 0.717) is 58.8 Å². The number of nitrogens with one attached hydrogen (secondary N) is 4. The summed E-state index contributed by atoms with van der Waals surface area (Å²) in [4.78, 5) is 89.8. The Balaban J connectivity index is 0.793. The molecule has 6 amide bonds. The Morgan fingerprint density at radius 2 is 1.53 bits per heavy atom. The summed E-state index contributed by atoms with van der Waals surface area (Å²) in [5.41, 5.74) is 4.22. The molecule has 16 heteroatoms. The Morgan fingerprint density at radius 1 is 0.800 bits per heavy atom. The number of amides is 6. The number of carbonyl (C=O) groups is 6. The van der Waals surface area contributed by atoms with Crippen molar-refractivity contribution in [3.63, 3.8) is 0 Å². The molecule has 0 bridgehead atoms. The number of para-hydroxylation sites is 1. The third kappa shape index (κ3) is 8.77. The second-order valence-electron chi connectivity index (χ2n) is 15.1. The number of aromatic nitrogens is 2. The maximum absolute atomic E-state index is 13.3. The minimum Gasteiger partial charge on any atom is -0.494 e. The SMILES string of the molecule is COc1cc(NC(=O)CCCCCCCCCCNc2cccc3c2C(=O)N(C2CCC(=O)NC2=O)C3=O)ccc1Nc1ncc2c(n1)N(C)c1ccccc1C(=O)N2C. The number of rotatable bonds is 17. The van der Waals surface area contributed by atoms with Gasteiger partial charge in [-0.3, -0.25) is 39.0 Å². The van der Waals surface area contributed by atoms with Gasteiger partial charge in [0.15, 0.2) is 5.82 Å². The summed E-state index contributed by atoms with van der Waals surface area (Å²) in [5.74, 6) is -0.887. The van der Waals surface area contributed by atoms with Crippen molar-refractivity contribution in [2.75, 3.05) is 53.5 Å². The van der Waals surface area contributed by atoms with Crippen LogP contribution in [0.3, 0.4) is 0 Å². The van der Waals surface area contributed by atoms with Gasteiger partial charge in [-0.25, -0.2) is 4.98 Å². The second-order valence-corrected chi connectivity index (χ2v) is 15.1. The number of nitrogens with zero attached hydrogens (tertiary/aromatic N) is 5. The van der Waals surface area contributed by atoms with Gasteiger partial charge in [-0.1, -0.05) is 56.7 Å². The van der Waals surface area contributed by atoms with Gasteiger partial charge in [0.25, 0.3) is 17.7 Å². The average molecular weight is 816 g/mol. The van der Waals surface area contributed by atoms with Crippen LogP contribution in [-0.4, -0.2) is 84.1 Å². The van der Waals surface area contributed by atoms with E-state index in [9.17, 15) is 28.8 Å². The zero-order valence-corrected chi connectivity index (χ0v) is 34.0. The molecule has 4 heterocycles. The van der Waals surface area contributed by atoms with Gasteiger partial charge in [0, 0.05) is 50.9 Å². The number of anilines is 7. The molecule has 312 valence electrons. The first-order valence-electron chi connectivity index (χ1n) is 20.4. The molecule has 0 aliphatic carbocycles. The highest BCUT2D eigenvalue weighted by molar-refractivity contribution is 6.25. The van der Waals surface area contributed by atoms with Crippen LogP contribution in [0.4, 0.5) is 40.2 Å². The molecule has 7 rings (SSSR count). The minimum absolute atomic E-state index is 0.0693. The summed E-state index contributed by atoms with van der Waals surface area (Å²) in [6.45, 7) is 0.634. The molecular formula is C44H49N9O7. The highest BCUT2D eigenvalue weighted by Crippen LogP contribution is 2.39. The zero-order valence-electron chi connectivity index (χ0n) is 34.0. The first kappa shape index (κ1) is 41.3. The van der Waals surface area contributed by atoms with E-state index in [1.165, 1.54) is 0 Å². The van der Waals surface area contributed by atoms with Crippen LogP contribution in [0.5, 0.6) is 5.75 Å². The molecule has 3 aliphatic heterocycles. The van der Waals surface area contributed by atoms with Crippen LogP contribution >= 0.6 is 0 Å². The lowest BCUT2D eigenvalue weighted by atomic mass is 10.0. The van der Waals surface area contributed by atoms with Gasteiger partial charge in [0.05, 0.1) is 41.4 Å². The standard InChI is InChI=1S/C44H49N9O7/c1-51-32-18-12-11-15-28(32)41(57)52(2)34-26-46-44(50-39(34)51)48-30-21-20-27(25-35(30)60-3)47-36(54)19-10-8-6-4-5-7-9-13-24-45-31-17-14-16-29-38(31)43(59)53(42(29)58)33-22-23-37(55)49-40(33)56/h11-12,14-18,20-21,25-26,33,45H,4-10,13,19,22-24H2,1-3H3,(H,47,54)(H,46,48,50)(H,49,55,56). The molecule has 0 spiro atoms. The first-order valence-corrected chi connectivity index (χ1v) is 20.4. The minimum atomic E-state index is -0.992. The van der Waals surface area contributed by atoms with Crippen molar-refractivity contribution < 1.29 is 33.5 Å². The first-order chi connectivity index (χ1) is 29.0. The number of hydrogen-bond acceptors (Lipinski definition) is 12. The second kappa shape index (κ2) is 18.4. The van der Waals surface area contributed by atoms with Crippen molar-refractivity contribution in [2.24, 2.45) is 0 Å². The molecule has 1 aromatic heterocycles. The van der Waals surface area contributed by atoms with Gasteiger partial charge in [-0.2, -0.15) is 4.98 Å². The number of benzene rings is 3. The number of fused-ring (bicyclic) bond motifs is 3. The Hall–Kier alpha value is -6.84. The van der Waals surface area contributed by atoms with E-state index in [1.54, 1.807) is 67.7 Å². The number of hydrogen-bond donors (Lipinski definition) is 4. The summed E-state index contributed by atoms with van der Waals surface area (Å²) in [6, 6.07) is 16.8. The number of carbonyl (C=O) groups excluding carboxylic acids is 6. The summed E-state index contributed by atoms with van der Waals surface area (Å²) < 4.78 is 5.63. The van der Waals surface area contributed by atoms with E-state index in [-0.39, 0.29) is 35.8 Å². The number of unbranched alkanes of at least 4 members (excludes halogenated alkanes) is 7. The number of piperidine rings is 1. The quantitative estimate of drug-likeness (QED) is 0.0664. The summed E-state index contributed by atoms with van der Waals surface area (Å²) in [6.07, 6.45) is 10.1. The normalized spacial score (nSPS) is 15.9. The lowest BCUT2D eigenvalue weighted by molar-refractivity contribution is -0.136. The summed E-state index contributed by atoms with van der Waals surface area (Å²) in [7, 11) is 5.12. The van der Waals surface area contributed by atoms with Crippen LogP contribution in [0.2, 0.25) is 0 Å². The van der Waals surface area contributed by atoms with Crippen molar-refractivity contribution in [3.8, 4) is 5.75 Å². The van der Waals surface area contributed by atoms with Crippen LogP contribution in [0.25, 0.3) is 0 Å².